The summed E-state index contributed by atoms with van der Waals surface area (Å²) in [7, 11) is 0. The minimum absolute atomic E-state index is 0.541. The summed E-state index contributed by atoms with van der Waals surface area (Å²) in [5, 5.41) is 3.49. The zero-order chi connectivity index (χ0) is 14.6. The molecular weight excluding hydrogens is 244 g/mol. The first-order valence-electron chi connectivity index (χ1n) is 7.98. The van der Waals surface area contributed by atoms with Gasteiger partial charge in [-0.25, -0.2) is 0 Å². The highest BCUT2D eigenvalue weighted by Crippen LogP contribution is 2.30. The van der Waals surface area contributed by atoms with Gasteiger partial charge in [0.25, 0.3) is 0 Å². The topological polar surface area (TPSA) is 15.3 Å². The summed E-state index contributed by atoms with van der Waals surface area (Å²) in [6.45, 7) is 13.7. The molecule has 0 aliphatic carbocycles. The zero-order valence-electron chi connectivity index (χ0n) is 13.6. The van der Waals surface area contributed by atoms with Gasteiger partial charge in [-0.2, -0.15) is 0 Å². The van der Waals surface area contributed by atoms with Crippen molar-refractivity contribution in [1.82, 2.24) is 10.2 Å². The number of rotatable bonds is 5. The Labute approximate surface area is 124 Å². The largest absolute Gasteiger partial charge is 0.310 e. The van der Waals surface area contributed by atoms with Crippen molar-refractivity contribution in [2.24, 2.45) is 5.41 Å². The first-order chi connectivity index (χ1) is 9.44. The van der Waals surface area contributed by atoms with Crippen LogP contribution in [0.25, 0.3) is 0 Å². The number of piperidine rings is 1. The maximum absolute atomic E-state index is 3.49. The Hall–Kier alpha value is -0.860. The Balaban J connectivity index is 1.88. The lowest BCUT2D eigenvalue weighted by atomic mass is 9.82. The molecule has 112 valence electrons. The highest BCUT2D eigenvalue weighted by atomic mass is 15.1. The Morgan fingerprint density at radius 1 is 1.15 bits per heavy atom. The summed E-state index contributed by atoms with van der Waals surface area (Å²) in [6, 6.07) is 9.58. The van der Waals surface area contributed by atoms with Crippen molar-refractivity contribution in [3.05, 3.63) is 35.4 Å². The molecule has 1 heterocycles. The normalized spacial score (nSPS) is 19.4. The molecule has 0 bridgehead atoms. The number of benzene rings is 1. The quantitative estimate of drug-likeness (QED) is 0.878. The van der Waals surface area contributed by atoms with Gasteiger partial charge in [0.15, 0.2) is 0 Å². The molecule has 0 amide bonds. The molecule has 0 spiro atoms. The summed E-state index contributed by atoms with van der Waals surface area (Å²) in [6.07, 6.45) is 2.64. The van der Waals surface area contributed by atoms with Crippen LogP contribution < -0.4 is 5.32 Å². The van der Waals surface area contributed by atoms with Crippen LogP contribution >= 0.6 is 0 Å². The highest BCUT2D eigenvalue weighted by Gasteiger charge is 2.25. The minimum Gasteiger partial charge on any atom is -0.310 e. The number of hydrogen-bond donors (Lipinski definition) is 1. The van der Waals surface area contributed by atoms with Crippen molar-refractivity contribution < 1.29 is 0 Å². The van der Waals surface area contributed by atoms with E-state index in [0.717, 1.165) is 13.1 Å². The monoisotopic (exact) mass is 274 g/mol. The van der Waals surface area contributed by atoms with E-state index in [0.29, 0.717) is 11.5 Å². The molecule has 1 aliphatic rings. The third-order valence-electron chi connectivity index (χ3n) is 4.32. The lowest BCUT2D eigenvalue weighted by Crippen LogP contribution is -2.36. The van der Waals surface area contributed by atoms with Crippen LogP contribution in [0.2, 0.25) is 0 Å². The number of hydrogen-bond acceptors (Lipinski definition) is 2. The SMILES string of the molecule is CC(C)NCc1cccc(CN2CCC(C)(C)CC2)c1. The second-order valence-corrected chi connectivity index (χ2v) is 7.30. The van der Waals surface area contributed by atoms with Gasteiger partial charge in [0, 0.05) is 19.1 Å². The lowest BCUT2D eigenvalue weighted by molar-refractivity contribution is 0.127. The molecule has 0 atom stereocenters. The molecule has 0 aromatic heterocycles. The van der Waals surface area contributed by atoms with Gasteiger partial charge in [0.05, 0.1) is 0 Å². The van der Waals surface area contributed by atoms with Gasteiger partial charge in [-0.05, 0) is 42.5 Å². The van der Waals surface area contributed by atoms with Crippen LogP contribution in [0.4, 0.5) is 0 Å². The van der Waals surface area contributed by atoms with E-state index >= 15 is 0 Å². The van der Waals surface area contributed by atoms with Crippen LogP contribution in [0.1, 0.15) is 51.7 Å². The summed E-state index contributed by atoms with van der Waals surface area (Å²) in [5.74, 6) is 0. The first kappa shape index (κ1) is 15.5. The lowest BCUT2D eigenvalue weighted by Gasteiger charge is -2.37. The van der Waals surface area contributed by atoms with Crippen LogP contribution in [0.3, 0.4) is 0 Å². The molecule has 1 aliphatic heterocycles. The summed E-state index contributed by atoms with van der Waals surface area (Å²) >= 11 is 0. The minimum atomic E-state index is 0.541. The second-order valence-electron chi connectivity index (χ2n) is 7.30. The molecule has 0 radical (unpaired) electrons. The van der Waals surface area contributed by atoms with E-state index < -0.39 is 0 Å². The third kappa shape index (κ3) is 4.92. The fraction of sp³-hybridized carbons (Fsp3) is 0.667. The Morgan fingerprint density at radius 2 is 1.80 bits per heavy atom. The van der Waals surface area contributed by atoms with Crippen molar-refractivity contribution in [3.63, 3.8) is 0 Å². The predicted molar refractivity (Wildman–Crippen MR) is 86.7 cm³/mol. The van der Waals surface area contributed by atoms with Crippen molar-refractivity contribution in [1.29, 1.82) is 0 Å². The fourth-order valence-corrected chi connectivity index (χ4v) is 2.73. The Bertz CT molecular complexity index is 413. The average Bonchev–Trinajstić information content (AvgIpc) is 2.39. The third-order valence-corrected chi connectivity index (χ3v) is 4.32. The Kier molecular flexibility index (Phi) is 5.22. The summed E-state index contributed by atoms with van der Waals surface area (Å²) in [5.41, 5.74) is 3.39. The molecule has 0 unspecified atom stereocenters. The molecule has 1 saturated heterocycles. The first-order valence-corrected chi connectivity index (χ1v) is 7.98. The van der Waals surface area contributed by atoms with Crippen molar-refractivity contribution in [2.45, 2.75) is 59.7 Å². The van der Waals surface area contributed by atoms with Crippen molar-refractivity contribution >= 4 is 0 Å². The molecule has 0 saturated carbocycles. The van der Waals surface area contributed by atoms with Crippen LogP contribution in [0, 0.1) is 5.41 Å². The van der Waals surface area contributed by atoms with Gasteiger partial charge in [0.1, 0.15) is 0 Å². The van der Waals surface area contributed by atoms with Gasteiger partial charge in [-0.1, -0.05) is 52.0 Å². The van der Waals surface area contributed by atoms with Crippen LogP contribution in [0.5, 0.6) is 0 Å². The van der Waals surface area contributed by atoms with Gasteiger partial charge < -0.3 is 5.32 Å². The number of likely N-dealkylation sites (tertiary alicyclic amines) is 1. The second kappa shape index (κ2) is 6.73. The van der Waals surface area contributed by atoms with Gasteiger partial charge in [-0.15, -0.1) is 0 Å². The van der Waals surface area contributed by atoms with Gasteiger partial charge >= 0.3 is 0 Å². The smallest absolute Gasteiger partial charge is 0.0233 e. The Morgan fingerprint density at radius 3 is 2.45 bits per heavy atom. The molecule has 1 fully saturated rings. The van der Waals surface area contributed by atoms with Crippen LogP contribution in [-0.4, -0.2) is 24.0 Å². The standard InChI is InChI=1S/C18H30N2/c1-15(2)19-13-16-6-5-7-17(12-16)14-20-10-8-18(3,4)9-11-20/h5-7,12,15,19H,8-11,13-14H2,1-4H3. The van der Waals surface area contributed by atoms with Gasteiger partial charge in [-0.3, -0.25) is 4.90 Å². The van der Waals surface area contributed by atoms with E-state index in [9.17, 15) is 0 Å². The summed E-state index contributed by atoms with van der Waals surface area (Å²) in [4.78, 5) is 2.60. The summed E-state index contributed by atoms with van der Waals surface area (Å²) < 4.78 is 0. The van der Waals surface area contributed by atoms with Crippen molar-refractivity contribution in [2.75, 3.05) is 13.1 Å². The number of nitrogens with zero attached hydrogens (tertiary/aromatic N) is 1. The van der Waals surface area contributed by atoms with Gasteiger partial charge in [0.2, 0.25) is 0 Å². The molecule has 20 heavy (non-hydrogen) atoms. The zero-order valence-corrected chi connectivity index (χ0v) is 13.6. The molecule has 2 nitrogen and oxygen atoms in total. The van der Waals surface area contributed by atoms with Crippen LogP contribution in [-0.2, 0) is 13.1 Å². The van der Waals surface area contributed by atoms with E-state index in [2.05, 4.69) is 62.2 Å². The maximum Gasteiger partial charge on any atom is 0.0233 e. The van der Waals surface area contributed by atoms with E-state index in [1.165, 1.54) is 37.1 Å². The van der Waals surface area contributed by atoms with Crippen LogP contribution in [0.15, 0.2) is 24.3 Å². The molecular formula is C18H30N2. The fourth-order valence-electron chi connectivity index (χ4n) is 2.73. The van der Waals surface area contributed by atoms with E-state index in [1.807, 2.05) is 0 Å². The average molecular weight is 274 g/mol. The van der Waals surface area contributed by atoms with E-state index in [1.54, 1.807) is 0 Å². The molecule has 1 aromatic carbocycles. The number of nitrogens with one attached hydrogen (secondary N) is 1. The molecule has 1 aromatic rings. The van der Waals surface area contributed by atoms with E-state index in [-0.39, 0.29) is 0 Å². The highest BCUT2D eigenvalue weighted by molar-refractivity contribution is 5.23. The molecule has 2 rings (SSSR count). The maximum atomic E-state index is 3.49. The van der Waals surface area contributed by atoms with E-state index in [4.69, 9.17) is 0 Å². The van der Waals surface area contributed by atoms with Crippen molar-refractivity contribution in [3.8, 4) is 0 Å². The molecule has 2 heteroatoms. The predicted octanol–water partition coefficient (Wildman–Crippen LogP) is 3.81. The molecule has 1 N–H and O–H groups in total.